The summed E-state index contributed by atoms with van der Waals surface area (Å²) >= 11 is 0. The number of nitrogens with zero attached hydrogens (tertiary/aromatic N) is 3. The summed E-state index contributed by atoms with van der Waals surface area (Å²) in [5.41, 5.74) is 0.882. The van der Waals surface area contributed by atoms with Crippen LogP contribution in [0.3, 0.4) is 0 Å². The van der Waals surface area contributed by atoms with Crippen molar-refractivity contribution in [2.24, 2.45) is 4.99 Å². The molecule has 0 atom stereocenters. The summed E-state index contributed by atoms with van der Waals surface area (Å²) in [5.74, 6) is 0. The lowest BCUT2D eigenvalue weighted by Crippen LogP contribution is -2.50. The van der Waals surface area contributed by atoms with E-state index in [-0.39, 0.29) is 0 Å². The molecule has 0 spiro atoms. The maximum atomic E-state index is 4.31. The van der Waals surface area contributed by atoms with E-state index >= 15 is 0 Å². The van der Waals surface area contributed by atoms with Crippen LogP contribution in [-0.2, 0) is 0 Å². The molecule has 1 aromatic carbocycles. The van der Waals surface area contributed by atoms with Crippen molar-refractivity contribution in [3.8, 4) is 0 Å². The molecule has 2 aromatic rings. The van der Waals surface area contributed by atoms with E-state index in [1.807, 2.05) is 30.5 Å². The summed E-state index contributed by atoms with van der Waals surface area (Å²) < 4.78 is 1.75. The Morgan fingerprint density at radius 1 is 1.14 bits per heavy atom. The quantitative estimate of drug-likeness (QED) is 0.527. The van der Waals surface area contributed by atoms with Crippen molar-refractivity contribution in [3.05, 3.63) is 41.3 Å². The monoisotopic (exact) mass is 182 g/mol. The Morgan fingerprint density at radius 3 is 2.79 bits per heavy atom. The van der Waals surface area contributed by atoms with Crippen LogP contribution in [0, 0.1) is 0 Å². The van der Waals surface area contributed by atoms with Crippen molar-refractivity contribution in [1.82, 2.24) is 5.10 Å². The number of hydrogen-bond donors (Lipinski definition) is 0. The van der Waals surface area contributed by atoms with Gasteiger partial charge < -0.3 is 0 Å². The van der Waals surface area contributed by atoms with Crippen LogP contribution in [0.4, 0.5) is 0 Å². The summed E-state index contributed by atoms with van der Waals surface area (Å²) in [6.45, 7) is 3.92. The minimum atomic E-state index is 0.783. The SMILES string of the molecule is C=c1n[n+]2c(c3ccccc13)=NC=C2. The first-order chi connectivity index (χ1) is 6.86. The molecule has 1 aliphatic heterocycles. The number of rotatable bonds is 0. The molecule has 0 N–H and O–H groups in total. The Bertz CT molecular complexity index is 656. The smallest absolute Gasteiger partial charge is 0.0967 e. The van der Waals surface area contributed by atoms with Gasteiger partial charge in [0.25, 0.3) is 0 Å². The number of fused-ring (bicyclic) bond motifs is 3. The fraction of sp³-hybridized carbons (Fsp3) is 0. The van der Waals surface area contributed by atoms with Gasteiger partial charge in [0.2, 0.25) is 0 Å². The molecule has 0 amide bonds. The van der Waals surface area contributed by atoms with Gasteiger partial charge in [0, 0.05) is 5.39 Å². The van der Waals surface area contributed by atoms with Crippen LogP contribution in [0.5, 0.6) is 0 Å². The van der Waals surface area contributed by atoms with E-state index in [2.05, 4.69) is 16.7 Å². The second kappa shape index (κ2) is 2.48. The second-order valence-electron chi connectivity index (χ2n) is 3.19. The zero-order valence-electron chi connectivity index (χ0n) is 7.51. The minimum Gasteiger partial charge on any atom is -0.0967 e. The molecule has 0 unspecified atom stereocenters. The Balaban J connectivity index is 2.69. The summed E-state index contributed by atoms with van der Waals surface area (Å²) in [6, 6.07) is 8.03. The van der Waals surface area contributed by atoms with E-state index < -0.39 is 0 Å². The van der Waals surface area contributed by atoms with Crippen LogP contribution in [-0.4, -0.2) is 5.10 Å². The Morgan fingerprint density at radius 2 is 1.93 bits per heavy atom. The zero-order valence-corrected chi connectivity index (χ0v) is 7.51. The van der Waals surface area contributed by atoms with Crippen LogP contribution < -0.4 is 15.5 Å². The van der Waals surface area contributed by atoms with Gasteiger partial charge in [0.1, 0.15) is 5.35 Å². The van der Waals surface area contributed by atoms with Crippen LogP contribution in [0.15, 0.2) is 35.5 Å². The highest BCUT2D eigenvalue weighted by Gasteiger charge is 2.12. The van der Waals surface area contributed by atoms with E-state index in [0.29, 0.717) is 0 Å². The molecular weight excluding hydrogens is 174 g/mol. The standard InChI is InChI=1S/C11H8N3/c1-8-9-4-2-3-5-10(9)11-12-6-7-14(11)13-8/h2-7H,1H2/q+1. The fourth-order valence-electron chi connectivity index (χ4n) is 1.68. The van der Waals surface area contributed by atoms with E-state index in [1.165, 1.54) is 0 Å². The van der Waals surface area contributed by atoms with Crippen LogP contribution in [0.2, 0.25) is 0 Å². The molecule has 1 aliphatic rings. The van der Waals surface area contributed by atoms with Gasteiger partial charge in [0.05, 0.1) is 5.39 Å². The maximum absolute atomic E-state index is 4.31. The van der Waals surface area contributed by atoms with Gasteiger partial charge in [-0.1, -0.05) is 34.6 Å². The van der Waals surface area contributed by atoms with Crippen molar-refractivity contribution in [3.63, 3.8) is 0 Å². The topological polar surface area (TPSA) is 29.1 Å². The van der Waals surface area contributed by atoms with Crippen molar-refractivity contribution in [2.75, 3.05) is 0 Å². The molecule has 2 heterocycles. The molecule has 0 saturated heterocycles. The third-order valence-corrected chi connectivity index (χ3v) is 2.33. The Kier molecular flexibility index (Phi) is 1.31. The zero-order chi connectivity index (χ0) is 9.54. The van der Waals surface area contributed by atoms with E-state index in [9.17, 15) is 0 Å². The lowest BCUT2D eigenvalue weighted by molar-refractivity contribution is -0.647. The first-order valence-corrected chi connectivity index (χ1v) is 4.40. The van der Waals surface area contributed by atoms with Gasteiger partial charge in [-0.05, 0) is 11.1 Å². The fourth-order valence-corrected chi connectivity index (χ4v) is 1.68. The minimum absolute atomic E-state index is 0.783. The molecule has 3 rings (SSSR count). The lowest BCUT2D eigenvalue weighted by Gasteiger charge is -1.94. The van der Waals surface area contributed by atoms with Crippen molar-refractivity contribution >= 4 is 23.6 Å². The van der Waals surface area contributed by atoms with Crippen LogP contribution in [0.1, 0.15) is 0 Å². The third kappa shape index (κ3) is 0.836. The molecule has 3 heteroatoms. The summed E-state index contributed by atoms with van der Waals surface area (Å²) in [6.07, 6.45) is 3.57. The van der Waals surface area contributed by atoms with Crippen molar-refractivity contribution < 1.29 is 4.68 Å². The van der Waals surface area contributed by atoms with Gasteiger partial charge in [0.15, 0.2) is 12.4 Å². The summed E-state index contributed by atoms with van der Waals surface area (Å²) in [7, 11) is 0. The normalized spacial score (nSPS) is 12.9. The van der Waals surface area contributed by atoms with Crippen LogP contribution in [0.25, 0.3) is 23.6 Å². The lowest BCUT2D eigenvalue weighted by atomic mass is 10.2. The Labute approximate surface area is 80.3 Å². The molecule has 1 aromatic heterocycles. The highest BCUT2D eigenvalue weighted by Crippen LogP contribution is 2.02. The molecule has 0 fully saturated rings. The van der Waals surface area contributed by atoms with E-state index in [0.717, 1.165) is 21.6 Å². The number of benzene rings is 1. The Hall–Kier alpha value is -2.03. The molecule has 0 aliphatic carbocycles. The molecular formula is C11H8N3+. The third-order valence-electron chi connectivity index (χ3n) is 2.33. The van der Waals surface area contributed by atoms with Gasteiger partial charge in [-0.3, -0.25) is 0 Å². The molecule has 0 bridgehead atoms. The number of aromatic nitrogens is 2. The van der Waals surface area contributed by atoms with E-state index in [4.69, 9.17) is 0 Å². The molecule has 3 nitrogen and oxygen atoms in total. The first-order valence-electron chi connectivity index (χ1n) is 4.40. The second-order valence-corrected chi connectivity index (χ2v) is 3.19. The largest absolute Gasteiger partial charge is 0.356 e. The van der Waals surface area contributed by atoms with Crippen molar-refractivity contribution in [1.29, 1.82) is 0 Å². The van der Waals surface area contributed by atoms with E-state index in [1.54, 1.807) is 10.9 Å². The molecule has 0 radical (unpaired) electrons. The summed E-state index contributed by atoms with van der Waals surface area (Å²) in [5, 5.41) is 7.25. The van der Waals surface area contributed by atoms with Gasteiger partial charge in [-0.25, -0.2) is 0 Å². The maximum Gasteiger partial charge on any atom is 0.356 e. The predicted octanol–water partition coefficient (Wildman–Crippen LogP) is -0.00600. The average Bonchev–Trinajstić information content (AvgIpc) is 2.66. The number of hydrogen-bond acceptors (Lipinski definition) is 2. The highest BCUT2D eigenvalue weighted by molar-refractivity contribution is 5.80. The molecule has 0 saturated carbocycles. The summed E-state index contributed by atoms with van der Waals surface area (Å²) in [4.78, 5) is 4.26. The molecule has 14 heavy (non-hydrogen) atoms. The van der Waals surface area contributed by atoms with Crippen molar-refractivity contribution in [2.45, 2.75) is 0 Å². The molecule has 66 valence electrons. The van der Waals surface area contributed by atoms with Gasteiger partial charge in [-0.15, -0.1) is 0 Å². The first kappa shape index (κ1) is 7.38. The highest BCUT2D eigenvalue weighted by atomic mass is 15.3. The average molecular weight is 182 g/mol. The van der Waals surface area contributed by atoms with Gasteiger partial charge in [-0.2, -0.15) is 0 Å². The van der Waals surface area contributed by atoms with Gasteiger partial charge >= 0.3 is 5.49 Å². The van der Waals surface area contributed by atoms with Crippen LogP contribution >= 0.6 is 0 Å². The predicted molar refractivity (Wildman–Crippen MR) is 53.6 cm³/mol.